The van der Waals surface area contributed by atoms with Crippen molar-refractivity contribution in [1.29, 1.82) is 0 Å². The summed E-state index contributed by atoms with van der Waals surface area (Å²) >= 11 is 0. The van der Waals surface area contributed by atoms with Gasteiger partial charge in [0.25, 0.3) is 0 Å². The zero-order valence-corrected chi connectivity index (χ0v) is 23.0. The summed E-state index contributed by atoms with van der Waals surface area (Å²) in [7, 11) is 1.28. The normalized spacial score (nSPS) is 13.9. The molecular formula is C30H28N2O9. The molecule has 0 aromatic heterocycles. The lowest BCUT2D eigenvalue weighted by Gasteiger charge is -2.30. The molecule has 2 aliphatic rings. The number of carbonyl (C=O) groups is 3. The van der Waals surface area contributed by atoms with Gasteiger partial charge in [-0.2, -0.15) is 5.10 Å². The highest BCUT2D eigenvalue weighted by Crippen LogP contribution is 2.54. The number of carbonyl (C=O) groups excluding carboxylic acids is 2. The first-order chi connectivity index (χ1) is 19.2. The quantitative estimate of drug-likeness (QED) is 0.158. The van der Waals surface area contributed by atoms with Crippen LogP contribution >= 0.6 is 0 Å². The molecule has 0 unspecified atom stereocenters. The first kappa shape index (κ1) is 27.5. The molecule has 0 aliphatic heterocycles. The molecule has 0 spiro atoms. The van der Waals surface area contributed by atoms with Crippen LogP contribution in [-0.4, -0.2) is 61.9 Å². The smallest absolute Gasteiger partial charge is 0.340 e. The van der Waals surface area contributed by atoms with E-state index in [9.17, 15) is 39.9 Å². The molecular weight excluding hydrogens is 532 g/mol. The second-order valence-corrected chi connectivity index (χ2v) is 11.1. The third-order valence-corrected chi connectivity index (χ3v) is 7.31. The Kier molecular flexibility index (Phi) is 6.21. The molecule has 11 heteroatoms. The molecule has 212 valence electrons. The number of nitrogens with zero attached hydrogens (tertiary/aromatic N) is 1. The van der Waals surface area contributed by atoms with Gasteiger partial charge in [0.1, 0.15) is 34.3 Å². The number of carboxylic acid groups (broad SMARTS) is 1. The van der Waals surface area contributed by atoms with E-state index in [1.165, 1.54) is 20.2 Å². The van der Waals surface area contributed by atoms with Crippen LogP contribution in [-0.2, 0) is 12.8 Å². The van der Waals surface area contributed by atoms with Gasteiger partial charge in [-0.1, -0.05) is 0 Å². The van der Waals surface area contributed by atoms with Gasteiger partial charge in [-0.3, -0.25) is 9.59 Å². The van der Waals surface area contributed by atoms with E-state index in [-0.39, 0.29) is 57.5 Å². The predicted molar refractivity (Wildman–Crippen MR) is 148 cm³/mol. The number of benzene rings is 3. The molecule has 6 N–H and O–H groups in total. The fraction of sp³-hybridized carbons (Fsp3) is 0.267. The summed E-state index contributed by atoms with van der Waals surface area (Å²) in [6.45, 7) is 7.00. The maximum Gasteiger partial charge on any atom is 0.340 e. The van der Waals surface area contributed by atoms with Crippen LogP contribution in [0.2, 0.25) is 0 Å². The van der Waals surface area contributed by atoms with Crippen LogP contribution in [0.25, 0.3) is 11.1 Å². The van der Waals surface area contributed by atoms with Crippen molar-refractivity contribution in [3.63, 3.8) is 0 Å². The third kappa shape index (κ3) is 4.03. The molecule has 2 aliphatic carbocycles. The fourth-order valence-corrected chi connectivity index (χ4v) is 5.46. The van der Waals surface area contributed by atoms with Crippen molar-refractivity contribution >= 4 is 23.8 Å². The van der Waals surface area contributed by atoms with Crippen LogP contribution in [0, 0.1) is 6.92 Å². The van der Waals surface area contributed by atoms with Crippen LogP contribution in [0.1, 0.15) is 85.2 Å². The minimum absolute atomic E-state index is 0.00610. The number of hydrazone groups is 1. The van der Waals surface area contributed by atoms with Crippen LogP contribution < -0.4 is 10.2 Å². The molecule has 0 fully saturated rings. The Morgan fingerprint density at radius 1 is 0.927 bits per heavy atom. The van der Waals surface area contributed by atoms with Gasteiger partial charge in [-0.15, -0.1) is 0 Å². The Labute approximate surface area is 234 Å². The van der Waals surface area contributed by atoms with Crippen LogP contribution in [0.3, 0.4) is 0 Å². The monoisotopic (exact) mass is 560 g/mol. The lowest BCUT2D eigenvalue weighted by molar-refractivity contribution is 0.0693. The number of ether oxygens (including phenoxy) is 1. The number of ketones is 2. The average Bonchev–Trinajstić information content (AvgIpc) is 2.88. The van der Waals surface area contributed by atoms with Crippen molar-refractivity contribution in [3.8, 4) is 39.9 Å². The number of aromatic hydroxyl groups is 4. The summed E-state index contributed by atoms with van der Waals surface area (Å²) in [4.78, 5) is 39.7. The SMILES string of the molecule is COc1c2c(c(O)c3c1C(=O)c1c(cc(O)c(C)c1O)C3=O)-c1c(cc(/C=N/NC(C)(C)C)c(C(=O)O)c1O)CC2. The second kappa shape index (κ2) is 9.26. The minimum atomic E-state index is -1.44. The second-order valence-electron chi connectivity index (χ2n) is 11.1. The van der Waals surface area contributed by atoms with Gasteiger partial charge < -0.3 is 35.7 Å². The highest BCUT2D eigenvalue weighted by molar-refractivity contribution is 6.32. The predicted octanol–water partition coefficient (Wildman–Crippen LogP) is 3.79. The van der Waals surface area contributed by atoms with E-state index in [1.807, 2.05) is 20.8 Å². The number of methoxy groups -OCH3 is 1. The van der Waals surface area contributed by atoms with Crippen molar-refractivity contribution in [1.82, 2.24) is 5.43 Å². The maximum absolute atomic E-state index is 13.7. The van der Waals surface area contributed by atoms with Gasteiger partial charge in [-0.25, -0.2) is 4.79 Å². The van der Waals surface area contributed by atoms with Crippen molar-refractivity contribution < 1.29 is 44.7 Å². The standard InChI is InChI=1S/C30H28N2O9/c1-11-16(33)9-15-20(23(11)34)27(38)22-21(24(15)35)26(37)19-14(28(22)41-5)7-6-12-8-13(10-31-32-30(2,3)4)18(29(39)40)25(36)17(12)19/h8-10,32-34,36-37H,6-7H2,1-5H3,(H,39,40)/b31-10+. The summed E-state index contributed by atoms with van der Waals surface area (Å²) in [6.07, 6.45) is 1.77. The molecule has 0 saturated carbocycles. The summed E-state index contributed by atoms with van der Waals surface area (Å²) < 4.78 is 5.59. The molecule has 0 heterocycles. The molecule has 11 nitrogen and oxygen atoms in total. The van der Waals surface area contributed by atoms with Crippen molar-refractivity contribution in [3.05, 3.63) is 62.2 Å². The van der Waals surface area contributed by atoms with Crippen LogP contribution in [0.4, 0.5) is 0 Å². The average molecular weight is 561 g/mol. The van der Waals surface area contributed by atoms with Gasteiger partial charge in [-0.05, 0) is 58.2 Å². The zero-order chi connectivity index (χ0) is 30.1. The lowest BCUT2D eigenvalue weighted by atomic mass is 9.74. The van der Waals surface area contributed by atoms with E-state index in [0.29, 0.717) is 11.1 Å². The first-order valence-corrected chi connectivity index (χ1v) is 12.7. The first-order valence-electron chi connectivity index (χ1n) is 12.7. The molecule has 41 heavy (non-hydrogen) atoms. The summed E-state index contributed by atoms with van der Waals surface area (Å²) in [5, 5.41) is 57.9. The number of hydrogen-bond acceptors (Lipinski definition) is 10. The number of phenolic OH excluding ortho intramolecular Hbond substituents is 3. The highest BCUT2D eigenvalue weighted by Gasteiger charge is 2.42. The Morgan fingerprint density at radius 3 is 2.22 bits per heavy atom. The fourth-order valence-electron chi connectivity index (χ4n) is 5.46. The van der Waals surface area contributed by atoms with Crippen LogP contribution in [0.5, 0.6) is 28.7 Å². The maximum atomic E-state index is 13.7. The number of aromatic carboxylic acids is 1. The molecule has 0 bridgehead atoms. The largest absolute Gasteiger partial charge is 0.508 e. The number of hydrogen-bond donors (Lipinski definition) is 6. The molecule has 0 saturated heterocycles. The summed E-state index contributed by atoms with van der Waals surface area (Å²) in [5.74, 6) is -5.41. The molecule has 0 radical (unpaired) electrons. The van der Waals surface area contributed by atoms with Crippen LogP contribution in [0.15, 0.2) is 17.2 Å². The Morgan fingerprint density at radius 2 is 1.61 bits per heavy atom. The molecule has 3 aromatic carbocycles. The minimum Gasteiger partial charge on any atom is -0.508 e. The highest BCUT2D eigenvalue weighted by atomic mass is 16.5. The van der Waals surface area contributed by atoms with Gasteiger partial charge in [0, 0.05) is 38.9 Å². The Balaban J connectivity index is 1.81. The van der Waals surface area contributed by atoms with E-state index in [1.54, 1.807) is 6.07 Å². The number of phenols is 4. The third-order valence-electron chi connectivity index (χ3n) is 7.31. The number of nitrogens with one attached hydrogen (secondary N) is 1. The molecule has 0 amide bonds. The molecule has 5 rings (SSSR count). The van der Waals surface area contributed by atoms with E-state index < -0.39 is 57.2 Å². The number of fused-ring (bicyclic) bond motifs is 5. The van der Waals surface area contributed by atoms with E-state index in [4.69, 9.17) is 4.74 Å². The van der Waals surface area contributed by atoms with Crippen molar-refractivity contribution in [2.45, 2.75) is 46.1 Å². The molecule has 0 atom stereocenters. The van der Waals surface area contributed by atoms with E-state index in [2.05, 4.69) is 10.5 Å². The van der Waals surface area contributed by atoms with E-state index >= 15 is 0 Å². The van der Waals surface area contributed by atoms with Gasteiger partial charge in [0.15, 0.2) is 5.78 Å². The summed E-state index contributed by atoms with van der Waals surface area (Å²) in [5.41, 5.74) is 1.52. The lowest BCUT2D eigenvalue weighted by Crippen LogP contribution is -2.31. The number of aryl methyl sites for hydroxylation is 1. The van der Waals surface area contributed by atoms with Gasteiger partial charge >= 0.3 is 5.97 Å². The van der Waals surface area contributed by atoms with E-state index in [0.717, 1.165) is 6.07 Å². The number of rotatable bonds is 4. The van der Waals surface area contributed by atoms with Gasteiger partial charge in [0.05, 0.1) is 30.0 Å². The topological polar surface area (TPSA) is 186 Å². The van der Waals surface area contributed by atoms with Crippen molar-refractivity contribution in [2.24, 2.45) is 5.10 Å². The Bertz CT molecular complexity index is 1750. The summed E-state index contributed by atoms with van der Waals surface area (Å²) in [6, 6.07) is 2.59. The molecule has 3 aromatic rings. The Hall–Kier alpha value is -5.06. The zero-order valence-electron chi connectivity index (χ0n) is 23.0. The van der Waals surface area contributed by atoms with Crippen molar-refractivity contribution in [2.75, 3.05) is 7.11 Å². The van der Waals surface area contributed by atoms with Gasteiger partial charge in [0.2, 0.25) is 5.78 Å². The number of carboxylic acids is 1.